The Morgan fingerprint density at radius 1 is 0.967 bits per heavy atom. The average Bonchev–Trinajstić information content (AvgIpc) is 3.05. The van der Waals surface area contributed by atoms with E-state index in [0.717, 1.165) is 22.7 Å². The van der Waals surface area contributed by atoms with Crippen molar-refractivity contribution in [3.8, 4) is 0 Å². The Labute approximate surface area is 180 Å². The zero-order valence-corrected chi connectivity index (χ0v) is 18.1. The van der Waals surface area contributed by atoms with Crippen molar-refractivity contribution >= 4 is 49.7 Å². The van der Waals surface area contributed by atoms with E-state index in [1.807, 2.05) is 42.5 Å². The molecule has 0 aromatic heterocycles. The molecular formula is C23H20N2O3S2. The average molecular weight is 437 g/mol. The molecule has 4 rings (SSSR count). The molecule has 0 aliphatic carbocycles. The van der Waals surface area contributed by atoms with Gasteiger partial charge in [0.2, 0.25) is 0 Å². The van der Waals surface area contributed by atoms with Gasteiger partial charge in [0.25, 0.3) is 15.9 Å². The Hall–Kier alpha value is -2.90. The number of thioether (sulfide) groups is 1. The van der Waals surface area contributed by atoms with E-state index in [0.29, 0.717) is 16.2 Å². The number of aliphatic imine (C=N–C) groups is 1. The standard InChI is InChI=1S/C23H20N2O3S2/c1-15(2)17-12-10-16(11-13-17)14-20-22(26)24-23(29-20)25-30(27,28)21-9-5-7-18-6-3-4-8-19(18)21/h3-15H,1-2H3,(H,24,25,26)/b20-14-. The summed E-state index contributed by atoms with van der Waals surface area (Å²) in [4.78, 5) is 16.7. The van der Waals surface area contributed by atoms with Gasteiger partial charge in [0.1, 0.15) is 0 Å². The lowest BCUT2D eigenvalue weighted by molar-refractivity contribution is -0.113. The number of nitrogens with one attached hydrogen (secondary N) is 1. The van der Waals surface area contributed by atoms with E-state index in [9.17, 15) is 13.2 Å². The van der Waals surface area contributed by atoms with E-state index in [-0.39, 0.29) is 10.1 Å². The monoisotopic (exact) mass is 436 g/mol. The number of benzene rings is 3. The number of carbonyl (C=O) groups is 1. The van der Waals surface area contributed by atoms with Gasteiger partial charge in [-0.25, -0.2) is 8.42 Å². The fourth-order valence-electron chi connectivity index (χ4n) is 3.18. The summed E-state index contributed by atoms with van der Waals surface area (Å²) >= 11 is 1.02. The lowest BCUT2D eigenvalue weighted by Crippen LogP contribution is -2.27. The van der Waals surface area contributed by atoms with Gasteiger partial charge in [0.15, 0.2) is 5.17 Å². The van der Waals surface area contributed by atoms with E-state index >= 15 is 0 Å². The highest BCUT2D eigenvalue weighted by Crippen LogP contribution is 2.30. The van der Waals surface area contributed by atoms with E-state index in [2.05, 4.69) is 23.6 Å². The molecule has 1 aliphatic heterocycles. The number of fused-ring (bicyclic) bond motifs is 1. The number of carbonyl (C=O) groups excluding carboxylic acids is 1. The first-order chi connectivity index (χ1) is 14.3. The van der Waals surface area contributed by atoms with Crippen LogP contribution in [0.25, 0.3) is 16.8 Å². The first-order valence-corrected chi connectivity index (χ1v) is 11.8. The number of rotatable bonds is 4. The molecule has 0 fully saturated rings. The molecule has 152 valence electrons. The van der Waals surface area contributed by atoms with Crippen LogP contribution in [-0.2, 0) is 14.8 Å². The Bertz CT molecular complexity index is 1290. The number of nitrogens with zero attached hydrogens (tertiary/aromatic N) is 1. The van der Waals surface area contributed by atoms with Gasteiger partial charge < -0.3 is 0 Å². The quantitative estimate of drug-likeness (QED) is 0.590. The summed E-state index contributed by atoms with van der Waals surface area (Å²) in [5.41, 5.74) is 2.07. The van der Waals surface area contributed by atoms with Crippen LogP contribution in [0.3, 0.4) is 0 Å². The lowest BCUT2D eigenvalue weighted by atomic mass is 10.0. The van der Waals surface area contributed by atoms with Gasteiger partial charge in [0.05, 0.1) is 9.80 Å². The van der Waals surface area contributed by atoms with Gasteiger partial charge in [-0.05, 0) is 46.3 Å². The second kappa shape index (κ2) is 8.08. The summed E-state index contributed by atoms with van der Waals surface area (Å²) in [6.45, 7) is 4.23. The Kier molecular flexibility index (Phi) is 5.49. The summed E-state index contributed by atoms with van der Waals surface area (Å²) in [5.74, 6) is -0.0313. The predicted molar refractivity (Wildman–Crippen MR) is 123 cm³/mol. The minimum atomic E-state index is -3.89. The molecule has 1 amide bonds. The number of sulfonamides is 1. The van der Waals surface area contributed by atoms with Crippen molar-refractivity contribution in [3.05, 3.63) is 82.8 Å². The maximum atomic E-state index is 12.9. The van der Waals surface area contributed by atoms with E-state index in [1.54, 1.807) is 30.3 Å². The Morgan fingerprint density at radius 3 is 2.40 bits per heavy atom. The smallest absolute Gasteiger partial charge is 0.266 e. The highest BCUT2D eigenvalue weighted by Gasteiger charge is 2.27. The first kappa shape index (κ1) is 20.4. The Morgan fingerprint density at radius 2 is 1.67 bits per heavy atom. The van der Waals surface area contributed by atoms with E-state index in [4.69, 9.17) is 0 Å². The fraction of sp³-hybridized carbons (Fsp3) is 0.130. The number of amidine groups is 1. The van der Waals surface area contributed by atoms with Gasteiger partial charge in [-0.3, -0.25) is 9.52 Å². The summed E-state index contributed by atoms with van der Waals surface area (Å²) in [5, 5.41) is 1.49. The van der Waals surface area contributed by atoms with Crippen LogP contribution in [0.4, 0.5) is 0 Å². The molecule has 1 N–H and O–H groups in total. The molecule has 0 bridgehead atoms. The second-order valence-corrected chi connectivity index (χ2v) is 9.92. The third-order valence-corrected chi connectivity index (χ3v) is 7.21. The number of hydrogen-bond donors (Lipinski definition) is 1. The highest BCUT2D eigenvalue weighted by molar-refractivity contribution is 8.19. The van der Waals surface area contributed by atoms with Crippen molar-refractivity contribution in [2.45, 2.75) is 24.7 Å². The first-order valence-electron chi connectivity index (χ1n) is 9.46. The third-order valence-electron chi connectivity index (χ3n) is 4.78. The van der Waals surface area contributed by atoms with Crippen molar-refractivity contribution in [2.24, 2.45) is 4.99 Å². The minimum absolute atomic E-state index is 0.0537. The fourth-order valence-corrected chi connectivity index (χ4v) is 5.46. The van der Waals surface area contributed by atoms with Crippen LogP contribution < -0.4 is 4.72 Å². The van der Waals surface area contributed by atoms with Gasteiger partial charge in [-0.1, -0.05) is 74.5 Å². The molecule has 3 aromatic carbocycles. The van der Waals surface area contributed by atoms with Gasteiger partial charge in [-0.2, -0.15) is 4.99 Å². The summed E-state index contributed by atoms with van der Waals surface area (Å²) in [6, 6.07) is 20.3. The molecule has 5 nitrogen and oxygen atoms in total. The van der Waals surface area contributed by atoms with Crippen LogP contribution in [0, 0.1) is 0 Å². The van der Waals surface area contributed by atoms with Crippen molar-refractivity contribution in [1.82, 2.24) is 4.72 Å². The van der Waals surface area contributed by atoms with Crippen LogP contribution >= 0.6 is 11.8 Å². The minimum Gasteiger partial charge on any atom is -0.266 e. The second-order valence-electron chi connectivity index (χ2n) is 7.24. The molecule has 0 unspecified atom stereocenters. The molecule has 0 atom stereocenters. The van der Waals surface area contributed by atoms with Crippen LogP contribution in [0.1, 0.15) is 30.9 Å². The summed E-state index contributed by atoms with van der Waals surface area (Å²) < 4.78 is 28.3. The molecule has 0 saturated carbocycles. The van der Waals surface area contributed by atoms with Crippen molar-refractivity contribution in [1.29, 1.82) is 0 Å². The zero-order valence-electron chi connectivity index (χ0n) is 16.5. The van der Waals surface area contributed by atoms with E-state index < -0.39 is 15.9 Å². The van der Waals surface area contributed by atoms with Crippen LogP contribution in [-0.4, -0.2) is 19.5 Å². The van der Waals surface area contributed by atoms with Gasteiger partial charge in [-0.15, -0.1) is 0 Å². The lowest BCUT2D eigenvalue weighted by Gasteiger charge is -2.09. The molecule has 1 heterocycles. The normalized spacial score (nSPS) is 15.8. The molecule has 1 aliphatic rings. The summed E-state index contributed by atoms with van der Waals surface area (Å²) in [6.07, 6.45) is 1.72. The summed E-state index contributed by atoms with van der Waals surface area (Å²) in [7, 11) is -3.89. The molecular weight excluding hydrogens is 416 g/mol. The molecule has 0 saturated heterocycles. The van der Waals surface area contributed by atoms with E-state index in [1.165, 1.54) is 5.56 Å². The molecule has 3 aromatic rings. The zero-order chi connectivity index (χ0) is 21.3. The third kappa shape index (κ3) is 4.17. The largest absolute Gasteiger partial charge is 0.286 e. The molecule has 30 heavy (non-hydrogen) atoms. The van der Waals surface area contributed by atoms with Crippen LogP contribution in [0.2, 0.25) is 0 Å². The maximum absolute atomic E-state index is 12.9. The van der Waals surface area contributed by atoms with Crippen LogP contribution in [0.15, 0.2) is 81.5 Å². The number of hydrogen-bond acceptors (Lipinski definition) is 4. The molecule has 7 heteroatoms. The van der Waals surface area contributed by atoms with Crippen molar-refractivity contribution in [3.63, 3.8) is 0 Å². The molecule has 0 radical (unpaired) electrons. The van der Waals surface area contributed by atoms with Gasteiger partial charge >= 0.3 is 0 Å². The predicted octanol–water partition coefficient (Wildman–Crippen LogP) is 4.91. The van der Waals surface area contributed by atoms with Crippen molar-refractivity contribution < 1.29 is 13.2 Å². The molecule has 0 spiro atoms. The topological polar surface area (TPSA) is 75.6 Å². The highest BCUT2D eigenvalue weighted by atomic mass is 32.2. The number of amides is 1. The Balaban J connectivity index is 1.56. The maximum Gasteiger partial charge on any atom is 0.286 e. The SMILES string of the molecule is CC(C)c1ccc(/C=C2\SC(NS(=O)(=O)c3cccc4ccccc34)=NC2=O)cc1. The van der Waals surface area contributed by atoms with Gasteiger partial charge in [0, 0.05) is 5.39 Å². The van der Waals surface area contributed by atoms with Crippen molar-refractivity contribution in [2.75, 3.05) is 0 Å². The van der Waals surface area contributed by atoms with Crippen LogP contribution in [0.5, 0.6) is 0 Å².